The van der Waals surface area contributed by atoms with Gasteiger partial charge in [0, 0.05) is 11.5 Å². The van der Waals surface area contributed by atoms with Crippen LogP contribution in [0.4, 0.5) is 0 Å². The van der Waals surface area contributed by atoms with Crippen LogP contribution >= 0.6 is 0 Å². The average molecular weight is 226 g/mol. The van der Waals surface area contributed by atoms with Crippen molar-refractivity contribution in [1.82, 2.24) is 0 Å². The molecule has 0 saturated carbocycles. The van der Waals surface area contributed by atoms with Crippen LogP contribution in [0.1, 0.15) is 43.6 Å². The summed E-state index contributed by atoms with van der Waals surface area (Å²) in [4.78, 5) is 11.1. The van der Waals surface area contributed by atoms with E-state index < -0.39 is 0 Å². The van der Waals surface area contributed by atoms with Crippen LogP contribution in [0.2, 0.25) is 0 Å². The molecule has 2 rings (SSSR count). The van der Waals surface area contributed by atoms with Crippen LogP contribution in [0.15, 0.2) is 41.0 Å². The van der Waals surface area contributed by atoms with Crippen LogP contribution in [0.3, 0.4) is 0 Å². The number of carbonyl (C=O) groups is 1. The van der Waals surface area contributed by atoms with Crippen molar-refractivity contribution in [3.63, 3.8) is 0 Å². The van der Waals surface area contributed by atoms with E-state index in [9.17, 15) is 4.79 Å². The number of benzene rings is 1. The first-order chi connectivity index (χ1) is 8.07. The van der Waals surface area contributed by atoms with Gasteiger partial charge in [-0.15, -0.1) is 0 Å². The first kappa shape index (κ1) is 11.8. The van der Waals surface area contributed by atoms with Gasteiger partial charge in [-0.05, 0) is 43.1 Å². The van der Waals surface area contributed by atoms with Crippen molar-refractivity contribution >= 4 is 11.9 Å². The number of rotatable bonds is 2. The van der Waals surface area contributed by atoms with Gasteiger partial charge >= 0.3 is 0 Å². The summed E-state index contributed by atoms with van der Waals surface area (Å²) >= 11 is 0. The van der Waals surface area contributed by atoms with E-state index in [4.69, 9.17) is 0 Å². The Morgan fingerprint density at radius 1 is 1.06 bits per heavy atom. The van der Waals surface area contributed by atoms with Gasteiger partial charge in [-0.1, -0.05) is 36.8 Å². The highest BCUT2D eigenvalue weighted by atomic mass is 16.1. The van der Waals surface area contributed by atoms with E-state index in [1.807, 2.05) is 24.3 Å². The highest BCUT2D eigenvalue weighted by Crippen LogP contribution is 2.42. The molecule has 0 aromatic heterocycles. The molecule has 0 spiro atoms. The third-order valence-corrected chi connectivity index (χ3v) is 4.02. The molecule has 1 aliphatic carbocycles. The van der Waals surface area contributed by atoms with Gasteiger partial charge in [-0.3, -0.25) is 4.79 Å². The van der Waals surface area contributed by atoms with Crippen molar-refractivity contribution in [2.45, 2.75) is 27.7 Å². The molecule has 1 atom stereocenters. The second-order valence-corrected chi connectivity index (χ2v) is 4.77. The van der Waals surface area contributed by atoms with Crippen molar-refractivity contribution in [3.05, 3.63) is 52.1 Å². The van der Waals surface area contributed by atoms with Gasteiger partial charge in [0.25, 0.3) is 0 Å². The molecule has 0 amide bonds. The largest absolute Gasteiger partial charge is 0.298 e. The quantitative estimate of drug-likeness (QED) is 0.689. The third-order valence-electron chi connectivity index (χ3n) is 4.02. The van der Waals surface area contributed by atoms with Crippen LogP contribution < -0.4 is 0 Å². The Balaban J connectivity index is 2.61. The molecule has 1 nitrogen and oxygen atoms in total. The fraction of sp³-hybridized carbons (Fsp3) is 0.312. The number of aldehydes is 1. The molecule has 1 heteroatoms. The van der Waals surface area contributed by atoms with Crippen LogP contribution in [-0.2, 0) is 0 Å². The normalized spacial score (nSPS) is 20.1. The van der Waals surface area contributed by atoms with Gasteiger partial charge in [0.15, 0.2) is 6.29 Å². The van der Waals surface area contributed by atoms with Crippen LogP contribution in [0.5, 0.6) is 0 Å². The van der Waals surface area contributed by atoms with Crippen molar-refractivity contribution < 1.29 is 4.79 Å². The zero-order valence-corrected chi connectivity index (χ0v) is 10.9. The van der Waals surface area contributed by atoms with E-state index in [0.29, 0.717) is 5.92 Å². The fourth-order valence-electron chi connectivity index (χ4n) is 2.64. The van der Waals surface area contributed by atoms with E-state index in [1.165, 1.54) is 22.3 Å². The van der Waals surface area contributed by atoms with Crippen molar-refractivity contribution in [1.29, 1.82) is 0 Å². The van der Waals surface area contributed by atoms with Crippen LogP contribution in [0, 0.1) is 5.92 Å². The molecule has 88 valence electrons. The predicted molar refractivity (Wildman–Crippen MR) is 72.0 cm³/mol. The lowest BCUT2D eigenvalue weighted by Gasteiger charge is -2.14. The Hall–Kier alpha value is -1.63. The molecule has 0 radical (unpaired) electrons. The number of carbonyl (C=O) groups excluding carboxylic acids is 1. The van der Waals surface area contributed by atoms with Gasteiger partial charge in [0.05, 0.1) is 0 Å². The summed E-state index contributed by atoms with van der Waals surface area (Å²) < 4.78 is 0. The lowest BCUT2D eigenvalue weighted by molar-refractivity contribution is 0.112. The molecule has 0 aliphatic heterocycles. The van der Waals surface area contributed by atoms with E-state index in [0.717, 1.165) is 17.4 Å². The molecule has 0 bridgehead atoms. The minimum absolute atomic E-state index is 0.413. The maximum absolute atomic E-state index is 11.1. The number of hydrogen-bond donors (Lipinski definition) is 0. The summed E-state index contributed by atoms with van der Waals surface area (Å²) in [6.07, 6.45) is 0.950. The standard InChI is InChI=1S/C16H18O/c1-10-11(2)13(4)16(12(10)3)15-8-6-5-7-14(15)9-17/h5-9,12H,1-4H3. The molecule has 17 heavy (non-hydrogen) atoms. The van der Waals surface area contributed by atoms with Gasteiger partial charge in [-0.25, -0.2) is 0 Å². The van der Waals surface area contributed by atoms with Gasteiger partial charge in [-0.2, -0.15) is 0 Å². The topological polar surface area (TPSA) is 17.1 Å². The zero-order valence-electron chi connectivity index (χ0n) is 10.9. The molecular weight excluding hydrogens is 208 g/mol. The highest BCUT2D eigenvalue weighted by molar-refractivity contribution is 5.90. The van der Waals surface area contributed by atoms with E-state index in [2.05, 4.69) is 27.7 Å². The lowest BCUT2D eigenvalue weighted by Crippen LogP contribution is -2.00. The molecule has 0 N–H and O–H groups in total. The minimum atomic E-state index is 0.413. The van der Waals surface area contributed by atoms with Gasteiger partial charge in [0.1, 0.15) is 0 Å². The maximum atomic E-state index is 11.1. The monoisotopic (exact) mass is 226 g/mol. The van der Waals surface area contributed by atoms with Crippen LogP contribution in [0.25, 0.3) is 5.57 Å². The Morgan fingerprint density at radius 2 is 1.71 bits per heavy atom. The maximum Gasteiger partial charge on any atom is 0.150 e. The van der Waals surface area contributed by atoms with Crippen molar-refractivity contribution in [2.24, 2.45) is 5.92 Å². The number of allylic oxidation sites excluding steroid dienone is 4. The first-order valence-electron chi connectivity index (χ1n) is 6.01. The second-order valence-electron chi connectivity index (χ2n) is 4.77. The fourth-order valence-corrected chi connectivity index (χ4v) is 2.64. The third kappa shape index (κ3) is 1.76. The summed E-state index contributed by atoms with van der Waals surface area (Å²) in [6.45, 7) is 8.71. The molecule has 1 unspecified atom stereocenters. The SMILES string of the molecule is CC1=C(C)C(C)C(c2ccccc2C=O)=C1C. The predicted octanol–water partition coefficient (Wildman–Crippen LogP) is 4.26. The Morgan fingerprint density at radius 3 is 2.24 bits per heavy atom. The Labute approximate surface area is 103 Å². The van der Waals surface area contributed by atoms with E-state index in [1.54, 1.807) is 0 Å². The highest BCUT2D eigenvalue weighted by Gasteiger charge is 2.25. The summed E-state index contributed by atoms with van der Waals surface area (Å²) in [5.41, 5.74) is 7.29. The first-order valence-corrected chi connectivity index (χ1v) is 6.01. The smallest absolute Gasteiger partial charge is 0.150 e. The molecule has 1 aliphatic rings. The molecule has 1 aromatic carbocycles. The Kier molecular flexibility index (Phi) is 3.01. The molecule has 1 aromatic rings. The number of hydrogen-bond acceptors (Lipinski definition) is 1. The van der Waals surface area contributed by atoms with Gasteiger partial charge < -0.3 is 0 Å². The molecule has 0 fully saturated rings. The van der Waals surface area contributed by atoms with E-state index >= 15 is 0 Å². The second kappa shape index (κ2) is 4.33. The Bertz CT molecular complexity index is 532. The van der Waals surface area contributed by atoms with Crippen LogP contribution in [-0.4, -0.2) is 6.29 Å². The zero-order chi connectivity index (χ0) is 12.6. The summed E-state index contributed by atoms with van der Waals surface area (Å²) in [5.74, 6) is 0.413. The van der Waals surface area contributed by atoms with Crippen molar-refractivity contribution in [2.75, 3.05) is 0 Å². The molecule has 0 heterocycles. The average Bonchev–Trinajstić information content (AvgIpc) is 2.54. The minimum Gasteiger partial charge on any atom is -0.298 e. The summed E-state index contributed by atoms with van der Waals surface area (Å²) in [6, 6.07) is 7.84. The lowest BCUT2D eigenvalue weighted by atomic mass is 9.89. The molecular formula is C16H18O. The molecule has 0 saturated heterocycles. The van der Waals surface area contributed by atoms with Crippen molar-refractivity contribution in [3.8, 4) is 0 Å². The summed E-state index contributed by atoms with van der Waals surface area (Å²) in [5, 5.41) is 0. The van der Waals surface area contributed by atoms with E-state index in [-0.39, 0.29) is 0 Å². The van der Waals surface area contributed by atoms with Gasteiger partial charge in [0.2, 0.25) is 0 Å². The summed E-state index contributed by atoms with van der Waals surface area (Å²) in [7, 11) is 0.